The van der Waals surface area contributed by atoms with Gasteiger partial charge in [0.15, 0.2) is 0 Å². The fraction of sp³-hybridized carbons (Fsp3) is 0.462. The number of rotatable bonds is 8. The average molecular weight is 293 g/mol. The fourth-order valence-electron chi connectivity index (χ4n) is 1.99. The van der Waals surface area contributed by atoms with Crippen LogP contribution in [-0.4, -0.2) is 19.6 Å². The van der Waals surface area contributed by atoms with Crippen LogP contribution in [0.25, 0.3) is 0 Å². The molecule has 0 aliphatic carbocycles. The Hall–Kier alpha value is -1.79. The Labute approximate surface area is 113 Å². The number of nitrogens with one attached hydrogen (secondary N) is 1. The van der Waals surface area contributed by atoms with E-state index in [1.54, 1.807) is 6.92 Å². The van der Waals surface area contributed by atoms with Gasteiger partial charge in [-0.15, -0.1) is 0 Å². The molecule has 0 heterocycles. The van der Waals surface area contributed by atoms with Crippen molar-refractivity contribution in [2.75, 3.05) is 6.54 Å². The summed E-state index contributed by atoms with van der Waals surface area (Å²) in [5.41, 5.74) is -0.179. The third kappa shape index (κ3) is 4.40. The lowest BCUT2D eigenvalue weighted by Gasteiger charge is -2.17. The Morgan fingerprint density at radius 3 is 2.35 bits per heavy atom. The Balaban J connectivity index is 2.95. The number of amides is 1. The van der Waals surface area contributed by atoms with Crippen LogP contribution < -0.4 is 10.1 Å². The number of carbonyl (C=O) groups excluding carboxylic acids is 1. The molecular formula is C13H15F4NO2. The second-order valence-corrected chi connectivity index (χ2v) is 4.14. The van der Waals surface area contributed by atoms with E-state index >= 15 is 0 Å². The molecule has 0 saturated heterocycles. The van der Waals surface area contributed by atoms with Crippen molar-refractivity contribution in [3.63, 3.8) is 0 Å². The Kier molecular flexibility index (Phi) is 6.27. The maximum atomic E-state index is 13.9. The predicted octanol–water partition coefficient (Wildman–Crippen LogP) is 3.20. The molecule has 1 aromatic carbocycles. The summed E-state index contributed by atoms with van der Waals surface area (Å²) >= 11 is 0. The summed E-state index contributed by atoms with van der Waals surface area (Å²) in [6, 6.07) is 1.47. The van der Waals surface area contributed by atoms with Crippen LogP contribution in [0.1, 0.15) is 31.2 Å². The van der Waals surface area contributed by atoms with E-state index in [1.165, 1.54) is 0 Å². The number of hydrogen-bond acceptors (Lipinski definition) is 2. The molecule has 1 rings (SSSR count). The minimum absolute atomic E-state index is 0.179. The van der Waals surface area contributed by atoms with E-state index in [0.29, 0.717) is 19.3 Å². The number of carbonyl (C=O) groups is 1. The number of hydrogen-bond donors (Lipinski definition) is 1. The van der Waals surface area contributed by atoms with Gasteiger partial charge in [-0.05, 0) is 18.8 Å². The normalized spacial score (nSPS) is 12.3. The second-order valence-electron chi connectivity index (χ2n) is 4.14. The summed E-state index contributed by atoms with van der Waals surface area (Å²) < 4.78 is 55.7. The quantitative estimate of drug-likeness (QED) is 0.454. The molecule has 1 amide bonds. The van der Waals surface area contributed by atoms with Gasteiger partial charge in [-0.25, -0.2) is 8.78 Å². The standard InChI is InChI=1S/C13H15F4NO2/c1-2-8(3-4-18-7-19)12-10(14)5-9(6-11(12)15)20-13(16)17/h5-8,13H,2-4H2,1H3,(H,18,19). The van der Waals surface area contributed by atoms with Gasteiger partial charge in [0.2, 0.25) is 6.41 Å². The van der Waals surface area contributed by atoms with Crippen molar-refractivity contribution in [2.24, 2.45) is 0 Å². The van der Waals surface area contributed by atoms with Crippen molar-refractivity contribution in [2.45, 2.75) is 32.3 Å². The zero-order chi connectivity index (χ0) is 15.1. The predicted molar refractivity (Wildman–Crippen MR) is 64.7 cm³/mol. The van der Waals surface area contributed by atoms with Gasteiger partial charge in [0.1, 0.15) is 17.4 Å². The first-order chi connectivity index (χ1) is 9.49. The molecule has 0 bridgehead atoms. The smallest absolute Gasteiger partial charge is 0.387 e. The number of halogens is 4. The average Bonchev–Trinajstić information content (AvgIpc) is 2.35. The van der Waals surface area contributed by atoms with Crippen LogP contribution in [0.3, 0.4) is 0 Å². The molecule has 112 valence electrons. The lowest BCUT2D eigenvalue weighted by molar-refractivity contribution is -0.109. The SMILES string of the molecule is CCC(CCNC=O)c1c(F)cc(OC(F)F)cc1F. The van der Waals surface area contributed by atoms with Gasteiger partial charge in [0.05, 0.1) is 0 Å². The highest BCUT2D eigenvalue weighted by Gasteiger charge is 2.21. The Morgan fingerprint density at radius 2 is 1.90 bits per heavy atom. The van der Waals surface area contributed by atoms with Crippen LogP contribution >= 0.6 is 0 Å². The van der Waals surface area contributed by atoms with Crippen molar-refractivity contribution in [1.82, 2.24) is 5.32 Å². The molecule has 20 heavy (non-hydrogen) atoms. The lowest BCUT2D eigenvalue weighted by atomic mass is 9.92. The van der Waals surface area contributed by atoms with Crippen molar-refractivity contribution in [3.8, 4) is 5.75 Å². The van der Waals surface area contributed by atoms with Crippen LogP contribution in [0.15, 0.2) is 12.1 Å². The van der Waals surface area contributed by atoms with Crippen LogP contribution in [0.2, 0.25) is 0 Å². The van der Waals surface area contributed by atoms with Gasteiger partial charge in [-0.2, -0.15) is 8.78 Å². The molecule has 1 atom stereocenters. The summed E-state index contributed by atoms with van der Waals surface area (Å²) in [5, 5.41) is 2.41. The van der Waals surface area contributed by atoms with Crippen LogP contribution in [0, 0.1) is 11.6 Å². The van der Waals surface area contributed by atoms with Gasteiger partial charge < -0.3 is 10.1 Å². The molecule has 7 heteroatoms. The van der Waals surface area contributed by atoms with Crippen molar-refractivity contribution in [1.29, 1.82) is 0 Å². The third-order valence-corrected chi connectivity index (χ3v) is 2.90. The zero-order valence-electron chi connectivity index (χ0n) is 10.8. The molecule has 0 radical (unpaired) electrons. The first kappa shape index (κ1) is 16.3. The highest BCUT2D eigenvalue weighted by Crippen LogP contribution is 2.31. The van der Waals surface area contributed by atoms with Crippen molar-refractivity contribution < 1.29 is 27.1 Å². The van der Waals surface area contributed by atoms with E-state index in [0.717, 1.165) is 12.1 Å². The zero-order valence-corrected chi connectivity index (χ0v) is 10.8. The molecule has 0 fully saturated rings. The minimum atomic E-state index is -3.14. The topological polar surface area (TPSA) is 38.3 Å². The van der Waals surface area contributed by atoms with Crippen LogP contribution in [-0.2, 0) is 4.79 Å². The maximum absolute atomic E-state index is 13.9. The third-order valence-electron chi connectivity index (χ3n) is 2.90. The molecule has 0 aliphatic rings. The first-order valence-corrected chi connectivity index (χ1v) is 6.10. The fourth-order valence-corrected chi connectivity index (χ4v) is 1.99. The molecule has 0 aromatic heterocycles. The highest BCUT2D eigenvalue weighted by atomic mass is 19.3. The Bertz CT molecular complexity index is 431. The van der Waals surface area contributed by atoms with E-state index in [1.807, 2.05) is 0 Å². The van der Waals surface area contributed by atoms with Gasteiger partial charge >= 0.3 is 6.61 Å². The molecule has 3 nitrogen and oxygen atoms in total. The minimum Gasteiger partial charge on any atom is -0.435 e. The van der Waals surface area contributed by atoms with Crippen LogP contribution in [0.4, 0.5) is 17.6 Å². The van der Waals surface area contributed by atoms with E-state index in [4.69, 9.17) is 0 Å². The van der Waals surface area contributed by atoms with Gasteiger partial charge in [-0.1, -0.05) is 6.92 Å². The molecule has 1 N–H and O–H groups in total. The highest BCUT2D eigenvalue weighted by molar-refractivity contribution is 5.45. The summed E-state index contributed by atoms with van der Waals surface area (Å²) in [5.74, 6) is -2.88. The molecule has 1 unspecified atom stereocenters. The number of alkyl halides is 2. The molecule has 0 saturated carbocycles. The molecule has 0 spiro atoms. The summed E-state index contributed by atoms with van der Waals surface area (Å²) in [6.07, 6.45) is 1.29. The summed E-state index contributed by atoms with van der Waals surface area (Å²) in [6.45, 7) is -1.12. The maximum Gasteiger partial charge on any atom is 0.387 e. The molecule has 0 aliphatic heterocycles. The number of ether oxygens (including phenoxy) is 1. The van der Waals surface area contributed by atoms with Crippen LogP contribution in [0.5, 0.6) is 5.75 Å². The second kappa shape index (κ2) is 7.72. The summed E-state index contributed by atoms with van der Waals surface area (Å²) in [4.78, 5) is 10.1. The van der Waals surface area contributed by atoms with Crippen molar-refractivity contribution in [3.05, 3.63) is 29.3 Å². The van der Waals surface area contributed by atoms with Gasteiger partial charge in [0.25, 0.3) is 0 Å². The van der Waals surface area contributed by atoms with E-state index in [-0.39, 0.29) is 12.1 Å². The van der Waals surface area contributed by atoms with Gasteiger partial charge in [0, 0.05) is 24.2 Å². The largest absolute Gasteiger partial charge is 0.435 e. The number of benzene rings is 1. The van der Waals surface area contributed by atoms with E-state index < -0.39 is 29.9 Å². The summed E-state index contributed by atoms with van der Waals surface area (Å²) in [7, 11) is 0. The Morgan fingerprint density at radius 1 is 1.30 bits per heavy atom. The van der Waals surface area contributed by atoms with Crippen molar-refractivity contribution >= 4 is 6.41 Å². The first-order valence-electron chi connectivity index (χ1n) is 6.10. The molecular weight excluding hydrogens is 278 g/mol. The molecule has 1 aromatic rings. The van der Waals surface area contributed by atoms with E-state index in [2.05, 4.69) is 10.1 Å². The van der Waals surface area contributed by atoms with E-state index in [9.17, 15) is 22.4 Å². The lowest BCUT2D eigenvalue weighted by Crippen LogP contribution is -2.16. The monoisotopic (exact) mass is 293 g/mol. The van der Waals surface area contributed by atoms with Gasteiger partial charge in [-0.3, -0.25) is 4.79 Å².